The summed E-state index contributed by atoms with van der Waals surface area (Å²) in [5.74, 6) is 0.713. The van der Waals surface area contributed by atoms with Crippen molar-refractivity contribution in [1.29, 1.82) is 0 Å². The quantitative estimate of drug-likeness (QED) is 0.616. The van der Waals surface area contributed by atoms with E-state index in [1.165, 1.54) is 13.1 Å². The van der Waals surface area contributed by atoms with Crippen molar-refractivity contribution in [3.63, 3.8) is 0 Å². The minimum atomic E-state index is -0.566. The van der Waals surface area contributed by atoms with E-state index in [1.54, 1.807) is 0 Å². The maximum atomic E-state index is 3.60. The zero-order valence-electron chi connectivity index (χ0n) is 9.02. The van der Waals surface area contributed by atoms with Crippen LogP contribution in [0.5, 0.6) is 0 Å². The van der Waals surface area contributed by atoms with Crippen molar-refractivity contribution in [1.82, 2.24) is 10.2 Å². The molecule has 1 rings (SSSR count). The molecule has 3 heteroatoms. The van der Waals surface area contributed by atoms with Crippen LogP contribution in [0.25, 0.3) is 0 Å². The number of hydrogen-bond donors (Lipinski definition) is 1. The first-order valence-electron chi connectivity index (χ1n) is 4.93. The SMILES string of the molecule is C[SiH](C)C1NCCN1C(C)(C)C. The molecule has 0 aromatic carbocycles. The van der Waals surface area contributed by atoms with Gasteiger partial charge in [-0.2, -0.15) is 0 Å². The summed E-state index contributed by atoms with van der Waals surface area (Å²) in [4.78, 5) is 2.61. The van der Waals surface area contributed by atoms with Gasteiger partial charge >= 0.3 is 0 Å². The lowest BCUT2D eigenvalue weighted by atomic mass is 10.1. The molecule has 0 spiro atoms. The summed E-state index contributed by atoms with van der Waals surface area (Å²) >= 11 is 0. The Morgan fingerprint density at radius 3 is 2.25 bits per heavy atom. The molecule has 0 bridgehead atoms. The molecule has 0 aromatic heterocycles. The maximum Gasteiger partial charge on any atom is 0.0689 e. The van der Waals surface area contributed by atoms with E-state index in [4.69, 9.17) is 0 Å². The van der Waals surface area contributed by atoms with Gasteiger partial charge in [0, 0.05) is 24.4 Å². The predicted octanol–water partition coefficient (Wildman–Crippen LogP) is 1.04. The Balaban J connectivity index is 2.64. The third kappa shape index (κ3) is 2.09. The molecule has 0 saturated carbocycles. The van der Waals surface area contributed by atoms with Crippen molar-refractivity contribution in [2.45, 2.75) is 45.2 Å². The fourth-order valence-electron chi connectivity index (χ4n) is 1.93. The predicted molar refractivity (Wildman–Crippen MR) is 57.1 cm³/mol. The molecule has 2 nitrogen and oxygen atoms in total. The zero-order valence-corrected chi connectivity index (χ0v) is 10.2. The topological polar surface area (TPSA) is 15.3 Å². The van der Waals surface area contributed by atoms with Crippen LogP contribution in [-0.2, 0) is 0 Å². The van der Waals surface area contributed by atoms with Crippen molar-refractivity contribution in [3.8, 4) is 0 Å². The Morgan fingerprint density at radius 2 is 1.92 bits per heavy atom. The lowest BCUT2D eigenvalue weighted by Gasteiger charge is -2.38. The first kappa shape index (κ1) is 10.2. The summed E-state index contributed by atoms with van der Waals surface area (Å²) in [6.07, 6.45) is 0. The van der Waals surface area contributed by atoms with Crippen LogP contribution in [0.2, 0.25) is 13.1 Å². The smallest absolute Gasteiger partial charge is 0.0689 e. The monoisotopic (exact) mass is 186 g/mol. The van der Waals surface area contributed by atoms with Gasteiger partial charge < -0.3 is 5.32 Å². The van der Waals surface area contributed by atoms with Crippen LogP contribution >= 0.6 is 0 Å². The Hall–Kier alpha value is 0.137. The van der Waals surface area contributed by atoms with Gasteiger partial charge in [0.15, 0.2) is 0 Å². The van der Waals surface area contributed by atoms with E-state index in [-0.39, 0.29) is 0 Å². The molecule has 1 atom stereocenters. The molecule has 72 valence electrons. The number of nitrogens with one attached hydrogen (secondary N) is 1. The average molecular weight is 186 g/mol. The molecule has 1 aliphatic rings. The third-order valence-corrected chi connectivity index (χ3v) is 4.39. The molecule has 0 aliphatic carbocycles. The Kier molecular flexibility index (Phi) is 2.96. The molecule has 1 unspecified atom stereocenters. The summed E-state index contributed by atoms with van der Waals surface area (Å²) in [6.45, 7) is 14.2. The van der Waals surface area contributed by atoms with Crippen molar-refractivity contribution >= 4 is 8.80 Å². The van der Waals surface area contributed by atoms with Gasteiger partial charge in [-0.05, 0) is 20.8 Å². The third-order valence-electron chi connectivity index (χ3n) is 2.54. The largest absolute Gasteiger partial charge is 0.304 e. The number of hydrogen-bond acceptors (Lipinski definition) is 2. The second-order valence-electron chi connectivity index (χ2n) is 5.01. The van der Waals surface area contributed by atoms with E-state index in [2.05, 4.69) is 44.1 Å². The highest BCUT2D eigenvalue weighted by molar-refractivity contribution is 6.57. The molecule has 0 aromatic rings. The highest BCUT2D eigenvalue weighted by Crippen LogP contribution is 2.19. The summed E-state index contributed by atoms with van der Waals surface area (Å²) in [6, 6.07) is 0. The molecule has 1 N–H and O–H groups in total. The van der Waals surface area contributed by atoms with Gasteiger partial charge in [0.1, 0.15) is 0 Å². The molecular weight excluding hydrogens is 164 g/mol. The molecule has 0 amide bonds. The number of rotatable bonds is 1. The molecule has 1 aliphatic heterocycles. The van der Waals surface area contributed by atoms with Gasteiger partial charge in [0.05, 0.1) is 8.80 Å². The minimum absolute atomic E-state index is 0.339. The molecular formula is C9H22N2Si. The van der Waals surface area contributed by atoms with Gasteiger partial charge in [-0.1, -0.05) is 13.1 Å². The second-order valence-corrected chi connectivity index (χ2v) is 8.13. The van der Waals surface area contributed by atoms with Crippen LogP contribution in [0.3, 0.4) is 0 Å². The van der Waals surface area contributed by atoms with E-state index in [9.17, 15) is 0 Å². The van der Waals surface area contributed by atoms with E-state index in [0.717, 1.165) is 0 Å². The van der Waals surface area contributed by atoms with Gasteiger partial charge in [-0.15, -0.1) is 0 Å². The van der Waals surface area contributed by atoms with Crippen LogP contribution < -0.4 is 5.32 Å². The van der Waals surface area contributed by atoms with Gasteiger partial charge in [-0.3, -0.25) is 4.90 Å². The number of nitrogens with zero attached hydrogens (tertiary/aromatic N) is 1. The minimum Gasteiger partial charge on any atom is -0.304 e. The van der Waals surface area contributed by atoms with Crippen LogP contribution in [-0.4, -0.2) is 38.1 Å². The van der Waals surface area contributed by atoms with Crippen molar-refractivity contribution in [2.75, 3.05) is 13.1 Å². The van der Waals surface area contributed by atoms with Gasteiger partial charge in [0.2, 0.25) is 0 Å². The Labute approximate surface area is 77.9 Å². The second kappa shape index (κ2) is 3.48. The van der Waals surface area contributed by atoms with Crippen LogP contribution in [0, 0.1) is 0 Å². The summed E-state index contributed by atoms with van der Waals surface area (Å²) in [5, 5.41) is 3.60. The van der Waals surface area contributed by atoms with Crippen molar-refractivity contribution < 1.29 is 0 Å². The average Bonchev–Trinajstić information content (AvgIpc) is 2.30. The molecule has 12 heavy (non-hydrogen) atoms. The van der Waals surface area contributed by atoms with E-state index in [1.807, 2.05) is 0 Å². The zero-order chi connectivity index (χ0) is 9.35. The van der Waals surface area contributed by atoms with Crippen LogP contribution in [0.1, 0.15) is 20.8 Å². The summed E-state index contributed by atoms with van der Waals surface area (Å²) in [5.41, 5.74) is 0.339. The van der Waals surface area contributed by atoms with Crippen molar-refractivity contribution in [3.05, 3.63) is 0 Å². The summed E-state index contributed by atoms with van der Waals surface area (Å²) in [7, 11) is -0.566. The molecule has 0 radical (unpaired) electrons. The standard InChI is InChI=1S/C9H22N2Si/c1-9(2,3)11-7-6-10-8(11)12(4)5/h8,10,12H,6-7H2,1-5H3. The van der Waals surface area contributed by atoms with Gasteiger partial charge in [-0.25, -0.2) is 0 Å². The van der Waals surface area contributed by atoms with E-state index >= 15 is 0 Å². The van der Waals surface area contributed by atoms with E-state index in [0.29, 0.717) is 11.3 Å². The van der Waals surface area contributed by atoms with Crippen LogP contribution in [0.15, 0.2) is 0 Å². The lowest BCUT2D eigenvalue weighted by Crippen LogP contribution is -2.53. The maximum absolute atomic E-state index is 3.60. The first-order chi connectivity index (χ1) is 5.43. The van der Waals surface area contributed by atoms with Gasteiger partial charge in [0.25, 0.3) is 0 Å². The lowest BCUT2D eigenvalue weighted by molar-refractivity contribution is 0.150. The molecule has 1 fully saturated rings. The Bertz CT molecular complexity index is 151. The van der Waals surface area contributed by atoms with Crippen molar-refractivity contribution in [2.24, 2.45) is 0 Å². The molecule has 1 saturated heterocycles. The van der Waals surface area contributed by atoms with Crippen LogP contribution in [0.4, 0.5) is 0 Å². The first-order valence-corrected chi connectivity index (χ1v) is 7.90. The fourth-order valence-corrected chi connectivity index (χ4v) is 3.88. The fraction of sp³-hybridized carbons (Fsp3) is 1.00. The van der Waals surface area contributed by atoms with E-state index < -0.39 is 8.80 Å². The molecule has 1 heterocycles. The summed E-state index contributed by atoms with van der Waals surface area (Å²) < 4.78 is 0. The highest BCUT2D eigenvalue weighted by Gasteiger charge is 2.34. The highest BCUT2D eigenvalue weighted by atomic mass is 28.3. The normalized spacial score (nSPS) is 27.0. The Morgan fingerprint density at radius 1 is 1.33 bits per heavy atom.